The lowest BCUT2D eigenvalue weighted by atomic mass is 10.3. The van der Waals surface area contributed by atoms with Gasteiger partial charge in [0, 0.05) is 32.5 Å². The topological polar surface area (TPSA) is 92.3 Å². The van der Waals surface area contributed by atoms with Crippen LogP contribution in [0.4, 0.5) is 16.8 Å². The summed E-state index contributed by atoms with van der Waals surface area (Å²) in [7, 11) is 1.61. The maximum Gasteiger partial charge on any atom is 0.245 e. The van der Waals surface area contributed by atoms with Gasteiger partial charge in [0.2, 0.25) is 5.91 Å². The lowest BCUT2D eigenvalue weighted by molar-refractivity contribution is -0.126. The standard InChI is InChI=1S/C21H24N6O2S/c1-14-6-8-23-19(10-14)26-18-5-3-4-16(25-18)17-11-24-21(30-17)27-9-7-15(12-27)29-13-20(28)22-2/h3-6,8,10-11,15H,7,9,12-13H2,1-2H3,(H,22,28)(H,23,25,26). The van der Waals surface area contributed by atoms with Crippen molar-refractivity contribution in [3.05, 3.63) is 48.3 Å². The van der Waals surface area contributed by atoms with Crippen LogP contribution < -0.4 is 15.5 Å². The van der Waals surface area contributed by atoms with E-state index in [9.17, 15) is 4.79 Å². The van der Waals surface area contributed by atoms with Crippen molar-refractivity contribution in [3.63, 3.8) is 0 Å². The number of rotatable bonds is 7. The number of ether oxygens (including phenoxy) is 1. The zero-order chi connectivity index (χ0) is 20.9. The Balaban J connectivity index is 1.41. The fraction of sp³-hybridized carbons (Fsp3) is 0.333. The first-order chi connectivity index (χ1) is 14.6. The highest BCUT2D eigenvalue weighted by molar-refractivity contribution is 7.18. The number of nitrogens with zero attached hydrogens (tertiary/aromatic N) is 4. The molecule has 0 aromatic carbocycles. The van der Waals surface area contributed by atoms with E-state index in [0.717, 1.165) is 52.4 Å². The summed E-state index contributed by atoms with van der Waals surface area (Å²) in [4.78, 5) is 28.2. The van der Waals surface area contributed by atoms with Crippen LogP contribution in [-0.2, 0) is 9.53 Å². The number of amides is 1. The number of nitrogens with one attached hydrogen (secondary N) is 2. The van der Waals surface area contributed by atoms with Gasteiger partial charge in [-0.3, -0.25) is 4.79 Å². The summed E-state index contributed by atoms with van der Waals surface area (Å²) < 4.78 is 5.68. The Morgan fingerprint density at radius 1 is 1.30 bits per heavy atom. The molecule has 1 aliphatic heterocycles. The minimum atomic E-state index is -0.106. The van der Waals surface area contributed by atoms with E-state index >= 15 is 0 Å². The molecule has 1 aliphatic rings. The number of carbonyl (C=O) groups excluding carboxylic acids is 1. The van der Waals surface area contributed by atoms with E-state index in [1.54, 1.807) is 24.6 Å². The molecule has 156 valence electrons. The second kappa shape index (κ2) is 9.19. The number of likely N-dealkylation sites (N-methyl/N-ethyl adjacent to an activating group) is 1. The first-order valence-electron chi connectivity index (χ1n) is 9.81. The summed E-state index contributed by atoms with van der Waals surface area (Å²) >= 11 is 1.61. The van der Waals surface area contributed by atoms with Crippen molar-refractivity contribution in [2.45, 2.75) is 19.4 Å². The van der Waals surface area contributed by atoms with Gasteiger partial charge in [-0.15, -0.1) is 0 Å². The van der Waals surface area contributed by atoms with Crippen molar-refractivity contribution in [2.75, 3.05) is 37.0 Å². The fourth-order valence-electron chi connectivity index (χ4n) is 3.21. The van der Waals surface area contributed by atoms with Crippen LogP contribution in [0, 0.1) is 6.92 Å². The molecule has 1 amide bonds. The Labute approximate surface area is 179 Å². The number of carbonyl (C=O) groups is 1. The Kier molecular flexibility index (Phi) is 6.20. The number of hydrogen-bond acceptors (Lipinski definition) is 8. The Hall–Kier alpha value is -3.04. The number of aromatic nitrogens is 3. The zero-order valence-corrected chi connectivity index (χ0v) is 17.8. The normalized spacial score (nSPS) is 15.9. The molecule has 8 nitrogen and oxygen atoms in total. The van der Waals surface area contributed by atoms with Crippen LogP contribution in [0.5, 0.6) is 0 Å². The van der Waals surface area contributed by atoms with Gasteiger partial charge < -0.3 is 20.3 Å². The van der Waals surface area contributed by atoms with E-state index in [-0.39, 0.29) is 18.6 Å². The second-order valence-electron chi connectivity index (χ2n) is 7.10. The SMILES string of the molecule is CNC(=O)COC1CCN(c2ncc(-c3cccc(Nc4cc(C)ccn4)n3)s2)C1. The van der Waals surface area contributed by atoms with Gasteiger partial charge in [-0.05, 0) is 43.2 Å². The number of pyridine rings is 2. The molecule has 0 radical (unpaired) electrons. The summed E-state index contributed by atoms with van der Waals surface area (Å²) in [5, 5.41) is 6.77. The smallest absolute Gasteiger partial charge is 0.245 e. The van der Waals surface area contributed by atoms with Crippen molar-refractivity contribution >= 4 is 34.0 Å². The van der Waals surface area contributed by atoms with Crippen LogP contribution >= 0.6 is 11.3 Å². The molecule has 4 rings (SSSR count). The van der Waals surface area contributed by atoms with E-state index in [4.69, 9.17) is 9.72 Å². The van der Waals surface area contributed by atoms with Crippen molar-refractivity contribution in [2.24, 2.45) is 0 Å². The molecule has 0 spiro atoms. The molecule has 1 atom stereocenters. The molecule has 3 aromatic rings. The fourth-order valence-corrected chi connectivity index (χ4v) is 4.13. The first-order valence-corrected chi connectivity index (χ1v) is 10.6. The Morgan fingerprint density at radius 3 is 3.03 bits per heavy atom. The van der Waals surface area contributed by atoms with Gasteiger partial charge in [0.05, 0.1) is 16.7 Å². The van der Waals surface area contributed by atoms with E-state index in [2.05, 4.69) is 25.5 Å². The van der Waals surface area contributed by atoms with E-state index in [1.165, 1.54) is 0 Å². The molecular weight excluding hydrogens is 400 g/mol. The predicted octanol–water partition coefficient (Wildman–Crippen LogP) is 2.99. The molecule has 2 N–H and O–H groups in total. The van der Waals surface area contributed by atoms with Crippen molar-refractivity contribution in [1.29, 1.82) is 0 Å². The van der Waals surface area contributed by atoms with Crippen molar-refractivity contribution in [3.8, 4) is 10.6 Å². The third-order valence-electron chi connectivity index (χ3n) is 4.81. The third kappa shape index (κ3) is 4.92. The summed E-state index contributed by atoms with van der Waals surface area (Å²) in [6, 6.07) is 9.81. The van der Waals surface area contributed by atoms with Gasteiger partial charge in [0.1, 0.15) is 18.2 Å². The third-order valence-corrected chi connectivity index (χ3v) is 5.89. The average Bonchev–Trinajstić information content (AvgIpc) is 3.42. The molecule has 3 aromatic heterocycles. The highest BCUT2D eigenvalue weighted by Gasteiger charge is 2.26. The quantitative estimate of drug-likeness (QED) is 0.602. The summed E-state index contributed by atoms with van der Waals surface area (Å²) in [5.74, 6) is 1.40. The molecule has 0 aliphatic carbocycles. The van der Waals surface area contributed by atoms with Crippen LogP contribution in [0.2, 0.25) is 0 Å². The molecule has 4 heterocycles. The first kappa shape index (κ1) is 20.2. The van der Waals surface area contributed by atoms with Gasteiger partial charge in [0.15, 0.2) is 5.13 Å². The number of aryl methyl sites for hydroxylation is 1. The summed E-state index contributed by atoms with van der Waals surface area (Å²) in [5.41, 5.74) is 2.00. The maximum absolute atomic E-state index is 11.4. The van der Waals surface area contributed by atoms with E-state index in [1.807, 2.05) is 43.5 Å². The number of thiazole rings is 1. The molecule has 1 saturated heterocycles. The van der Waals surface area contributed by atoms with Crippen LogP contribution in [0.1, 0.15) is 12.0 Å². The van der Waals surface area contributed by atoms with Crippen molar-refractivity contribution in [1.82, 2.24) is 20.3 Å². The molecule has 0 bridgehead atoms. The van der Waals surface area contributed by atoms with Crippen LogP contribution in [0.25, 0.3) is 10.6 Å². The highest BCUT2D eigenvalue weighted by Crippen LogP contribution is 2.32. The Morgan fingerprint density at radius 2 is 2.20 bits per heavy atom. The summed E-state index contributed by atoms with van der Waals surface area (Å²) in [6.07, 6.45) is 4.56. The zero-order valence-electron chi connectivity index (χ0n) is 17.0. The number of hydrogen-bond donors (Lipinski definition) is 2. The largest absolute Gasteiger partial charge is 0.366 e. The van der Waals surface area contributed by atoms with Crippen LogP contribution in [0.3, 0.4) is 0 Å². The molecule has 9 heteroatoms. The van der Waals surface area contributed by atoms with E-state index < -0.39 is 0 Å². The molecular formula is C21H24N6O2S. The van der Waals surface area contributed by atoms with E-state index in [0.29, 0.717) is 0 Å². The lowest BCUT2D eigenvalue weighted by Gasteiger charge is -2.15. The van der Waals surface area contributed by atoms with Crippen molar-refractivity contribution < 1.29 is 9.53 Å². The summed E-state index contributed by atoms with van der Waals surface area (Å²) in [6.45, 7) is 3.72. The van der Waals surface area contributed by atoms with Gasteiger partial charge in [0.25, 0.3) is 0 Å². The minimum Gasteiger partial charge on any atom is -0.366 e. The van der Waals surface area contributed by atoms with Crippen LogP contribution in [0.15, 0.2) is 42.7 Å². The average molecular weight is 425 g/mol. The molecule has 30 heavy (non-hydrogen) atoms. The Bertz CT molecular complexity index is 1020. The van der Waals surface area contributed by atoms with Gasteiger partial charge >= 0.3 is 0 Å². The maximum atomic E-state index is 11.4. The highest BCUT2D eigenvalue weighted by atomic mass is 32.1. The molecule has 0 saturated carbocycles. The van der Waals surface area contributed by atoms with Gasteiger partial charge in [-0.1, -0.05) is 17.4 Å². The molecule has 1 unspecified atom stereocenters. The monoisotopic (exact) mass is 424 g/mol. The minimum absolute atomic E-state index is 0.0436. The second-order valence-corrected chi connectivity index (χ2v) is 8.11. The van der Waals surface area contributed by atoms with Gasteiger partial charge in [-0.2, -0.15) is 0 Å². The van der Waals surface area contributed by atoms with Gasteiger partial charge in [-0.25, -0.2) is 15.0 Å². The number of anilines is 3. The molecule has 1 fully saturated rings. The van der Waals surface area contributed by atoms with Crippen LogP contribution in [-0.4, -0.2) is 53.7 Å². The predicted molar refractivity (Wildman–Crippen MR) is 118 cm³/mol. The lowest BCUT2D eigenvalue weighted by Crippen LogP contribution is -2.28.